The second-order valence-electron chi connectivity index (χ2n) is 15.0. The largest absolute Gasteiger partial charge is 0.333 e. The van der Waals surface area contributed by atoms with Gasteiger partial charge in [-0.25, -0.2) is 15.0 Å². The fourth-order valence-corrected chi connectivity index (χ4v) is 9.12. The van der Waals surface area contributed by atoms with Gasteiger partial charge in [-0.1, -0.05) is 135 Å². The molecule has 4 heteroatoms. The van der Waals surface area contributed by atoms with E-state index in [1.807, 2.05) is 0 Å². The monoisotopic (exact) mass is 672 g/mol. The number of benzene rings is 4. The van der Waals surface area contributed by atoms with Gasteiger partial charge in [-0.05, 0) is 88.5 Å². The predicted molar refractivity (Wildman–Crippen MR) is 214 cm³/mol. The van der Waals surface area contributed by atoms with E-state index in [4.69, 9.17) is 15.0 Å². The summed E-state index contributed by atoms with van der Waals surface area (Å²) >= 11 is 0. The molecule has 5 aromatic rings. The summed E-state index contributed by atoms with van der Waals surface area (Å²) in [5.74, 6) is 2.68. The highest BCUT2D eigenvalue weighted by Gasteiger charge is 2.42. The standard InChI is InChI=1S/C48H40N4/c1-48(2)40-23-13-11-20-36(40)39-29-30-42-43(44(39)48)38-22-10-9-19-35(38)37-21-12-14-24-41(37)52(42)34-27-25-33(26-28-34)47-50-45(31-15-5-3-6-16-31)49-46(51-47)32-17-7-4-8-18-32/h3-7,9-15,17,19-31,37,41H,8,16,18H2,1-2H3/t31-,37?,41?/m0/s1. The second-order valence-corrected chi connectivity index (χ2v) is 15.0. The minimum absolute atomic E-state index is 0.107. The molecular weight excluding hydrogens is 633 g/mol. The van der Waals surface area contributed by atoms with Crippen LogP contribution in [0.15, 0.2) is 152 Å². The molecule has 1 aromatic heterocycles. The SMILES string of the molecule is CC1(C)c2ccccc2-c2ccc3c(c21)-c1ccccc1C1C=CC=CC1N3c1ccc(-c2nc(C3=CC=CCC3)nc([C@H]3C=CC=CC3)n2)cc1. The lowest BCUT2D eigenvalue weighted by atomic mass is 9.77. The van der Waals surface area contributed by atoms with Crippen LogP contribution in [0.25, 0.3) is 39.2 Å². The number of hydrogen-bond donors (Lipinski definition) is 0. The molecular formula is C48H40N4. The van der Waals surface area contributed by atoms with Crippen molar-refractivity contribution >= 4 is 16.9 Å². The van der Waals surface area contributed by atoms with Crippen molar-refractivity contribution in [2.75, 3.05) is 4.90 Å². The first-order chi connectivity index (χ1) is 25.6. The molecule has 4 aromatic carbocycles. The van der Waals surface area contributed by atoms with Crippen molar-refractivity contribution in [2.24, 2.45) is 0 Å². The minimum Gasteiger partial charge on any atom is -0.333 e. The Morgan fingerprint density at radius 1 is 0.673 bits per heavy atom. The Morgan fingerprint density at radius 2 is 1.46 bits per heavy atom. The van der Waals surface area contributed by atoms with Gasteiger partial charge in [0.1, 0.15) is 5.82 Å². The lowest BCUT2D eigenvalue weighted by molar-refractivity contribution is 0.661. The van der Waals surface area contributed by atoms with Gasteiger partial charge >= 0.3 is 0 Å². The average molecular weight is 673 g/mol. The normalized spacial score (nSPS) is 21.5. The van der Waals surface area contributed by atoms with Gasteiger partial charge in [0.05, 0.1) is 6.04 Å². The van der Waals surface area contributed by atoms with Crippen molar-refractivity contribution in [3.63, 3.8) is 0 Å². The van der Waals surface area contributed by atoms with Crippen molar-refractivity contribution < 1.29 is 0 Å². The van der Waals surface area contributed by atoms with Crippen molar-refractivity contribution in [3.8, 4) is 33.6 Å². The zero-order valence-corrected chi connectivity index (χ0v) is 29.6. The summed E-state index contributed by atoms with van der Waals surface area (Å²) in [7, 11) is 0. The Kier molecular flexibility index (Phi) is 7.21. The lowest BCUT2D eigenvalue weighted by Gasteiger charge is -2.37. The van der Waals surface area contributed by atoms with Crippen LogP contribution in [0.3, 0.4) is 0 Å². The van der Waals surface area contributed by atoms with Crippen LogP contribution in [0.2, 0.25) is 0 Å². The smallest absolute Gasteiger partial charge is 0.163 e. The topological polar surface area (TPSA) is 41.9 Å². The Morgan fingerprint density at radius 3 is 2.29 bits per heavy atom. The molecule has 0 spiro atoms. The number of rotatable bonds is 4. The molecule has 52 heavy (non-hydrogen) atoms. The molecule has 3 atom stereocenters. The Labute approximate surface area is 306 Å². The minimum atomic E-state index is -0.151. The van der Waals surface area contributed by atoms with Gasteiger partial charge in [0.15, 0.2) is 11.6 Å². The average Bonchev–Trinajstić information content (AvgIpc) is 3.36. The third kappa shape index (κ3) is 4.85. The number of allylic oxidation sites excluding steroid dienone is 10. The first-order valence-electron chi connectivity index (χ1n) is 18.6. The first-order valence-corrected chi connectivity index (χ1v) is 18.6. The van der Waals surface area contributed by atoms with Gasteiger partial charge in [0, 0.05) is 39.8 Å². The number of aromatic nitrogens is 3. The van der Waals surface area contributed by atoms with Crippen LogP contribution in [0.4, 0.5) is 11.4 Å². The molecule has 0 bridgehead atoms. The van der Waals surface area contributed by atoms with E-state index in [1.54, 1.807) is 0 Å². The van der Waals surface area contributed by atoms with E-state index in [1.165, 1.54) is 50.2 Å². The molecule has 1 aliphatic heterocycles. The molecule has 0 saturated carbocycles. The van der Waals surface area contributed by atoms with Crippen molar-refractivity contribution in [2.45, 2.75) is 56.4 Å². The Balaban J connectivity index is 1.13. The fourth-order valence-electron chi connectivity index (χ4n) is 9.12. The van der Waals surface area contributed by atoms with Crippen LogP contribution in [-0.4, -0.2) is 21.0 Å². The molecule has 4 nitrogen and oxygen atoms in total. The van der Waals surface area contributed by atoms with E-state index < -0.39 is 0 Å². The van der Waals surface area contributed by atoms with Crippen LogP contribution in [0.1, 0.15) is 73.3 Å². The molecule has 0 saturated heterocycles. The quantitative estimate of drug-likeness (QED) is 0.191. The van der Waals surface area contributed by atoms with Gasteiger partial charge < -0.3 is 4.90 Å². The highest BCUT2D eigenvalue weighted by molar-refractivity contribution is 5.97. The molecule has 0 N–H and O–H groups in total. The summed E-state index contributed by atoms with van der Waals surface area (Å²) in [5, 5.41) is 0. The predicted octanol–water partition coefficient (Wildman–Crippen LogP) is 11.6. The lowest BCUT2D eigenvalue weighted by Crippen LogP contribution is -2.34. The molecule has 252 valence electrons. The molecule has 4 aliphatic carbocycles. The van der Waals surface area contributed by atoms with Crippen molar-refractivity contribution in [1.82, 2.24) is 15.0 Å². The molecule has 10 rings (SSSR count). The van der Waals surface area contributed by atoms with Crippen LogP contribution in [0.5, 0.6) is 0 Å². The molecule has 5 aliphatic rings. The second kappa shape index (κ2) is 12.1. The van der Waals surface area contributed by atoms with E-state index in [2.05, 4.69) is 171 Å². The molecule has 0 fully saturated rings. The third-order valence-electron chi connectivity index (χ3n) is 11.6. The van der Waals surface area contributed by atoms with Crippen LogP contribution in [-0.2, 0) is 5.41 Å². The molecule has 2 unspecified atom stereocenters. The third-order valence-corrected chi connectivity index (χ3v) is 11.6. The van der Waals surface area contributed by atoms with Crippen molar-refractivity contribution in [1.29, 1.82) is 0 Å². The van der Waals surface area contributed by atoms with Crippen LogP contribution < -0.4 is 4.90 Å². The number of fused-ring (bicyclic) bond motifs is 9. The number of hydrogen-bond acceptors (Lipinski definition) is 4. The Hall–Kier alpha value is -5.87. The summed E-state index contributed by atoms with van der Waals surface area (Å²) < 4.78 is 0. The zero-order chi connectivity index (χ0) is 34.8. The highest BCUT2D eigenvalue weighted by Crippen LogP contribution is 2.58. The zero-order valence-electron chi connectivity index (χ0n) is 29.6. The van der Waals surface area contributed by atoms with Gasteiger partial charge in [-0.15, -0.1) is 0 Å². The summed E-state index contributed by atoms with van der Waals surface area (Å²) in [6.45, 7) is 4.79. The Bertz CT molecular complexity index is 2440. The van der Waals surface area contributed by atoms with Gasteiger partial charge in [-0.3, -0.25) is 0 Å². The van der Waals surface area contributed by atoms with Crippen LogP contribution in [0, 0.1) is 0 Å². The van der Waals surface area contributed by atoms with E-state index >= 15 is 0 Å². The fraction of sp³-hybridized carbons (Fsp3) is 0.188. The summed E-state index contributed by atoms with van der Waals surface area (Å²) in [6.07, 6.45) is 27.1. The van der Waals surface area contributed by atoms with E-state index in [0.717, 1.165) is 48.0 Å². The molecule has 2 heterocycles. The van der Waals surface area contributed by atoms with Gasteiger partial charge in [0.2, 0.25) is 0 Å². The van der Waals surface area contributed by atoms with E-state index in [9.17, 15) is 0 Å². The maximum Gasteiger partial charge on any atom is 0.163 e. The maximum atomic E-state index is 5.10. The van der Waals surface area contributed by atoms with E-state index in [0.29, 0.717) is 0 Å². The highest BCUT2D eigenvalue weighted by atomic mass is 15.2. The van der Waals surface area contributed by atoms with Crippen molar-refractivity contribution in [3.05, 3.63) is 180 Å². The van der Waals surface area contributed by atoms with Crippen LogP contribution >= 0.6 is 0 Å². The number of anilines is 2. The first kappa shape index (κ1) is 30.9. The van der Waals surface area contributed by atoms with Gasteiger partial charge in [0.25, 0.3) is 0 Å². The summed E-state index contributed by atoms with van der Waals surface area (Å²) in [5.41, 5.74) is 13.9. The maximum absolute atomic E-state index is 5.10. The van der Waals surface area contributed by atoms with E-state index in [-0.39, 0.29) is 23.3 Å². The van der Waals surface area contributed by atoms with Gasteiger partial charge in [-0.2, -0.15) is 0 Å². The summed E-state index contributed by atoms with van der Waals surface area (Å²) in [4.78, 5) is 17.8. The molecule has 0 amide bonds. The number of nitrogens with zero attached hydrogens (tertiary/aromatic N) is 4. The summed E-state index contributed by atoms with van der Waals surface area (Å²) in [6, 6.07) is 31.8. The molecule has 0 radical (unpaired) electrons.